The maximum Gasteiger partial charge on any atom is 0.237 e. The molecule has 1 rings (SSSR count). The minimum absolute atomic E-state index is 0.139. The molecular weight excluding hydrogens is 260 g/mol. The second kappa shape index (κ2) is 8.12. The Kier molecular flexibility index (Phi) is 7.18. The molecule has 0 saturated heterocycles. The Balaban J connectivity index is 2.29. The number of thioether (sulfide) groups is 1. The standard InChI is InChI=1S/C14H28N2O2S/c1-3-11-4-7-14(18,8-5-11)10-16-13(17)12(15)6-9-19-2/h11-12,18H,3-10,15H2,1-2H3,(H,16,17)/t11?,12-,14?/m1/s1. The van der Waals surface area contributed by atoms with E-state index in [1.165, 1.54) is 6.42 Å². The number of rotatable bonds is 7. The van der Waals surface area contributed by atoms with Crippen LogP contribution in [0.25, 0.3) is 0 Å². The van der Waals surface area contributed by atoms with Crippen LogP contribution in [-0.4, -0.2) is 41.2 Å². The highest BCUT2D eigenvalue weighted by atomic mass is 32.2. The molecule has 1 atom stereocenters. The average molecular weight is 288 g/mol. The molecule has 4 nitrogen and oxygen atoms in total. The predicted molar refractivity (Wildman–Crippen MR) is 81.2 cm³/mol. The molecule has 1 amide bonds. The van der Waals surface area contributed by atoms with Crippen LogP contribution in [0.5, 0.6) is 0 Å². The van der Waals surface area contributed by atoms with Gasteiger partial charge in [-0.2, -0.15) is 11.8 Å². The van der Waals surface area contributed by atoms with Gasteiger partial charge in [0.1, 0.15) is 0 Å². The van der Waals surface area contributed by atoms with Crippen molar-refractivity contribution in [3.8, 4) is 0 Å². The summed E-state index contributed by atoms with van der Waals surface area (Å²) in [6.07, 6.45) is 7.55. The summed E-state index contributed by atoms with van der Waals surface area (Å²) in [7, 11) is 0. The van der Waals surface area contributed by atoms with E-state index in [4.69, 9.17) is 5.73 Å². The Bertz CT molecular complexity index is 279. The topological polar surface area (TPSA) is 75.3 Å². The summed E-state index contributed by atoms with van der Waals surface area (Å²) in [5.41, 5.74) is 5.08. The SMILES string of the molecule is CCC1CCC(O)(CNC(=O)[C@H](N)CCSC)CC1. The third kappa shape index (κ3) is 5.71. The van der Waals surface area contributed by atoms with E-state index in [0.717, 1.165) is 37.4 Å². The van der Waals surface area contributed by atoms with Gasteiger partial charge < -0.3 is 16.2 Å². The number of carbonyl (C=O) groups excluding carboxylic acids is 1. The lowest BCUT2D eigenvalue weighted by Gasteiger charge is -2.36. The Hall–Kier alpha value is -0.260. The van der Waals surface area contributed by atoms with Crippen molar-refractivity contribution in [1.29, 1.82) is 0 Å². The molecule has 1 fully saturated rings. The van der Waals surface area contributed by atoms with Crippen LogP contribution in [0, 0.1) is 5.92 Å². The average Bonchev–Trinajstić information content (AvgIpc) is 2.43. The molecule has 0 unspecified atom stereocenters. The Labute approximate surface area is 120 Å². The number of hydrogen-bond donors (Lipinski definition) is 3. The van der Waals surface area contributed by atoms with Gasteiger partial charge >= 0.3 is 0 Å². The fourth-order valence-corrected chi connectivity index (χ4v) is 3.05. The van der Waals surface area contributed by atoms with E-state index in [1.807, 2.05) is 6.26 Å². The summed E-state index contributed by atoms with van der Waals surface area (Å²) in [4.78, 5) is 11.8. The van der Waals surface area contributed by atoms with Gasteiger partial charge in [0.05, 0.1) is 11.6 Å². The summed E-state index contributed by atoms with van der Waals surface area (Å²) in [6, 6.07) is -0.456. The number of hydrogen-bond acceptors (Lipinski definition) is 4. The van der Waals surface area contributed by atoms with Crippen molar-refractivity contribution in [3.63, 3.8) is 0 Å². The van der Waals surface area contributed by atoms with Gasteiger partial charge in [0.2, 0.25) is 5.91 Å². The summed E-state index contributed by atoms with van der Waals surface area (Å²) in [5, 5.41) is 13.2. The van der Waals surface area contributed by atoms with Gasteiger partial charge in [0.15, 0.2) is 0 Å². The van der Waals surface area contributed by atoms with E-state index >= 15 is 0 Å². The van der Waals surface area contributed by atoms with Crippen LogP contribution < -0.4 is 11.1 Å². The van der Waals surface area contributed by atoms with Gasteiger partial charge in [0.25, 0.3) is 0 Å². The molecule has 1 aliphatic carbocycles. The van der Waals surface area contributed by atoms with Gasteiger partial charge in [0, 0.05) is 6.54 Å². The highest BCUT2D eigenvalue weighted by molar-refractivity contribution is 7.98. The zero-order valence-electron chi connectivity index (χ0n) is 12.2. The number of carbonyl (C=O) groups is 1. The van der Waals surface area contributed by atoms with Crippen molar-refractivity contribution >= 4 is 17.7 Å². The van der Waals surface area contributed by atoms with Crippen molar-refractivity contribution < 1.29 is 9.90 Å². The highest BCUT2D eigenvalue weighted by Crippen LogP contribution is 2.33. The van der Waals surface area contributed by atoms with Gasteiger partial charge in [-0.1, -0.05) is 13.3 Å². The van der Waals surface area contributed by atoms with Crippen molar-refractivity contribution in [2.45, 2.75) is 57.1 Å². The third-order valence-corrected chi connectivity index (χ3v) is 4.82. The van der Waals surface area contributed by atoms with Crippen LogP contribution in [0.4, 0.5) is 0 Å². The molecule has 0 radical (unpaired) electrons. The van der Waals surface area contributed by atoms with E-state index in [2.05, 4.69) is 12.2 Å². The molecule has 0 aliphatic heterocycles. The first kappa shape index (κ1) is 16.8. The number of aliphatic hydroxyl groups is 1. The second-order valence-corrected chi connectivity index (χ2v) is 6.67. The summed E-state index contributed by atoms with van der Waals surface area (Å²) in [5.74, 6) is 1.48. The zero-order valence-corrected chi connectivity index (χ0v) is 13.0. The van der Waals surface area contributed by atoms with E-state index < -0.39 is 11.6 Å². The smallest absolute Gasteiger partial charge is 0.237 e. The maximum absolute atomic E-state index is 11.8. The van der Waals surface area contributed by atoms with Crippen molar-refractivity contribution in [1.82, 2.24) is 5.32 Å². The minimum Gasteiger partial charge on any atom is -0.388 e. The molecule has 0 aromatic carbocycles. The summed E-state index contributed by atoms with van der Waals surface area (Å²) >= 11 is 1.69. The Morgan fingerprint density at radius 3 is 2.68 bits per heavy atom. The van der Waals surface area contributed by atoms with Crippen molar-refractivity contribution in [2.75, 3.05) is 18.6 Å². The van der Waals surface area contributed by atoms with Crippen LogP contribution in [-0.2, 0) is 4.79 Å². The lowest BCUT2D eigenvalue weighted by Crippen LogP contribution is -2.49. The summed E-state index contributed by atoms with van der Waals surface area (Å²) in [6.45, 7) is 2.54. The first-order valence-electron chi connectivity index (χ1n) is 7.25. The van der Waals surface area contributed by atoms with E-state index in [0.29, 0.717) is 13.0 Å². The first-order valence-corrected chi connectivity index (χ1v) is 8.64. The van der Waals surface area contributed by atoms with E-state index in [9.17, 15) is 9.90 Å². The molecule has 0 bridgehead atoms. The van der Waals surface area contributed by atoms with Crippen LogP contribution in [0.2, 0.25) is 0 Å². The normalized spacial score (nSPS) is 28.9. The lowest BCUT2D eigenvalue weighted by atomic mass is 9.78. The largest absolute Gasteiger partial charge is 0.388 e. The monoisotopic (exact) mass is 288 g/mol. The molecular formula is C14H28N2O2S. The van der Waals surface area contributed by atoms with Gasteiger partial charge in [-0.05, 0) is 50.0 Å². The molecule has 1 saturated carbocycles. The van der Waals surface area contributed by atoms with Crippen LogP contribution in [0.3, 0.4) is 0 Å². The predicted octanol–water partition coefficient (Wildman–Crippen LogP) is 1.51. The van der Waals surface area contributed by atoms with E-state index in [-0.39, 0.29) is 5.91 Å². The van der Waals surface area contributed by atoms with Crippen LogP contribution in [0.15, 0.2) is 0 Å². The number of nitrogens with one attached hydrogen (secondary N) is 1. The first-order chi connectivity index (χ1) is 9.00. The number of nitrogens with two attached hydrogens (primary N) is 1. The molecule has 5 heteroatoms. The van der Waals surface area contributed by atoms with Gasteiger partial charge in [-0.3, -0.25) is 4.79 Å². The van der Waals surface area contributed by atoms with Crippen LogP contribution in [0.1, 0.15) is 45.4 Å². The van der Waals surface area contributed by atoms with Gasteiger partial charge in [-0.15, -0.1) is 0 Å². The minimum atomic E-state index is -0.722. The van der Waals surface area contributed by atoms with Crippen LogP contribution >= 0.6 is 11.8 Å². The molecule has 0 heterocycles. The number of amides is 1. The molecule has 1 aliphatic rings. The fourth-order valence-electron chi connectivity index (χ4n) is 2.56. The quantitative estimate of drug-likeness (QED) is 0.664. The molecule has 0 spiro atoms. The molecule has 112 valence electrons. The fraction of sp³-hybridized carbons (Fsp3) is 0.929. The maximum atomic E-state index is 11.8. The summed E-state index contributed by atoms with van der Waals surface area (Å²) < 4.78 is 0. The molecule has 0 aromatic rings. The van der Waals surface area contributed by atoms with Gasteiger partial charge in [-0.25, -0.2) is 0 Å². The molecule has 4 N–H and O–H groups in total. The van der Waals surface area contributed by atoms with Crippen molar-refractivity contribution in [3.05, 3.63) is 0 Å². The lowest BCUT2D eigenvalue weighted by molar-refractivity contribution is -0.124. The molecule has 19 heavy (non-hydrogen) atoms. The molecule has 0 aromatic heterocycles. The Morgan fingerprint density at radius 1 is 1.53 bits per heavy atom. The second-order valence-electron chi connectivity index (χ2n) is 5.68. The zero-order chi connectivity index (χ0) is 14.3. The van der Waals surface area contributed by atoms with E-state index in [1.54, 1.807) is 11.8 Å². The third-order valence-electron chi connectivity index (χ3n) is 4.17. The highest BCUT2D eigenvalue weighted by Gasteiger charge is 2.33. The van der Waals surface area contributed by atoms with Crippen molar-refractivity contribution in [2.24, 2.45) is 11.7 Å². The Morgan fingerprint density at radius 2 is 2.16 bits per heavy atom.